The zero-order chi connectivity index (χ0) is 14.5. The Morgan fingerprint density at radius 1 is 1.32 bits per heavy atom. The second-order valence-electron chi connectivity index (χ2n) is 4.35. The minimum atomic E-state index is -4.15. The van der Waals surface area contributed by atoms with Gasteiger partial charge >= 0.3 is 6.18 Å². The van der Waals surface area contributed by atoms with Crippen LogP contribution in [-0.2, 0) is 0 Å². The number of rotatable bonds is 6. The molecule has 6 heteroatoms. The number of alkyl halides is 3. The molecule has 1 rings (SSSR count). The first-order chi connectivity index (χ1) is 8.78. The van der Waals surface area contributed by atoms with Crippen molar-refractivity contribution in [2.24, 2.45) is 0 Å². The molecule has 0 fully saturated rings. The predicted molar refractivity (Wildman–Crippen MR) is 71.3 cm³/mol. The second kappa shape index (κ2) is 7.05. The van der Waals surface area contributed by atoms with Gasteiger partial charge in [-0.3, -0.25) is 4.79 Å². The Labute approximate surface area is 118 Å². The van der Waals surface area contributed by atoms with E-state index in [2.05, 4.69) is 15.9 Å². The molecule has 0 saturated carbocycles. The van der Waals surface area contributed by atoms with Crippen LogP contribution in [0.3, 0.4) is 0 Å². The molecule has 0 bridgehead atoms. The Morgan fingerprint density at radius 2 is 2.00 bits per heavy atom. The van der Waals surface area contributed by atoms with Crippen molar-refractivity contribution in [2.45, 2.75) is 19.0 Å². The van der Waals surface area contributed by atoms with E-state index in [0.29, 0.717) is 12.1 Å². The Hall–Kier alpha value is -0.880. The van der Waals surface area contributed by atoms with Gasteiger partial charge in [-0.25, -0.2) is 0 Å². The van der Waals surface area contributed by atoms with E-state index in [4.69, 9.17) is 0 Å². The largest absolute Gasteiger partial charge is 0.390 e. The molecule has 0 aliphatic carbocycles. The van der Waals surface area contributed by atoms with Crippen molar-refractivity contribution in [3.8, 4) is 0 Å². The zero-order valence-electron chi connectivity index (χ0n) is 10.5. The first-order valence-corrected chi connectivity index (χ1v) is 6.61. The highest BCUT2D eigenvalue weighted by Crippen LogP contribution is 2.19. The summed E-state index contributed by atoms with van der Waals surface area (Å²) in [4.78, 5) is 13.4. The minimum absolute atomic E-state index is 0.0693. The van der Waals surface area contributed by atoms with E-state index in [1.807, 2.05) is 6.07 Å². The van der Waals surface area contributed by atoms with Gasteiger partial charge in [-0.15, -0.1) is 0 Å². The molecular weight excluding hydrogens is 323 g/mol. The summed E-state index contributed by atoms with van der Waals surface area (Å²) in [5.41, 5.74) is 0.568. The lowest BCUT2D eigenvalue weighted by atomic mass is 10.1. The molecule has 0 aliphatic rings. The van der Waals surface area contributed by atoms with Crippen LogP contribution in [0.2, 0.25) is 0 Å². The number of carbonyl (C=O) groups is 1. The molecular formula is C13H15BrF3NO. The Kier molecular flexibility index (Phi) is 6.00. The zero-order valence-corrected chi connectivity index (χ0v) is 12.1. The van der Waals surface area contributed by atoms with E-state index in [-0.39, 0.29) is 18.7 Å². The van der Waals surface area contributed by atoms with Crippen molar-refractivity contribution < 1.29 is 18.0 Å². The summed E-state index contributed by atoms with van der Waals surface area (Å²) in [6, 6.07) is 6.97. The highest BCUT2D eigenvalue weighted by molar-refractivity contribution is 9.10. The molecule has 1 aromatic carbocycles. The maximum atomic E-state index is 12.0. The molecule has 0 spiro atoms. The standard InChI is InChI=1S/C13H15BrF3NO/c1-18(8-6-13(15,16)17)7-5-12(19)10-3-2-4-11(14)9-10/h2-4,9H,5-8H2,1H3. The molecule has 0 radical (unpaired) electrons. The molecule has 0 heterocycles. The lowest BCUT2D eigenvalue weighted by molar-refractivity contribution is -0.137. The summed E-state index contributed by atoms with van der Waals surface area (Å²) < 4.78 is 36.9. The monoisotopic (exact) mass is 337 g/mol. The van der Waals surface area contributed by atoms with Gasteiger partial charge in [0.15, 0.2) is 5.78 Å². The van der Waals surface area contributed by atoms with E-state index in [0.717, 1.165) is 4.47 Å². The number of carbonyl (C=O) groups excluding carboxylic acids is 1. The van der Waals surface area contributed by atoms with Crippen LogP contribution in [0, 0.1) is 0 Å². The number of hydrogen-bond donors (Lipinski definition) is 0. The van der Waals surface area contributed by atoms with Crippen LogP contribution in [0.15, 0.2) is 28.7 Å². The van der Waals surface area contributed by atoms with E-state index in [1.54, 1.807) is 25.2 Å². The first-order valence-electron chi connectivity index (χ1n) is 5.82. The van der Waals surface area contributed by atoms with Crippen molar-refractivity contribution in [3.05, 3.63) is 34.3 Å². The molecule has 0 aliphatic heterocycles. The molecule has 106 valence electrons. The van der Waals surface area contributed by atoms with Crippen LogP contribution in [0.1, 0.15) is 23.2 Å². The van der Waals surface area contributed by atoms with Gasteiger partial charge in [-0.05, 0) is 19.2 Å². The molecule has 2 nitrogen and oxygen atoms in total. The molecule has 0 N–H and O–H groups in total. The van der Waals surface area contributed by atoms with Gasteiger partial charge < -0.3 is 4.90 Å². The first kappa shape index (κ1) is 16.2. The van der Waals surface area contributed by atoms with Gasteiger partial charge in [0.1, 0.15) is 0 Å². The SMILES string of the molecule is CN(CCC(=O)c1cccc(Br)c1)CCC(F)(F)F. The van der Waals surface area contributed by atoms with Crippen molar-refractivity contribution >= 4 is 21.7 Å². The van der Waals surface area contributed by atoms with Gasteiger partial charge in [0.2, 0.25) is 0 Å². The number of nitrogens with zero attached hydrogens (tertiary/aromatic N) is 1. The number of hydrogen-bond acceptors (Lipinski definition) is 2. The maximum Gasteiger partial charge on any atom is 0.390 e. The Bertz CT molecular complexity index is 434. The van der Waals surface area contributed by atoms with Crippen LogP contribution < -0.4 is 0 Å². The Balaban J connectivity index is 2.38. The van der Waals surface area contributed by atoms with Crippen molar-refractivity contribution in [1.29, 1.82) is 0 Å². The van der Waals surface area contributed by atoms with Crippen molar-refractivity contribution in [1.82, 2.24) is 4.90 Å². The topological polar surface area (TPSA) is 20.3 Å². The van der Waals surface area contributed by atoms with Gasteiger partial charge in [0.05, 0.1) is 6.42 Å². The van der Waals surface area contributed by atoms with Gasteiger partial charge in [0, 0.05) is 29.5 Å². The van der Waals surface area contributed by atoms with Crippen molar-refractivity contribution in [2.75, 3.05) is 20.1 Å². The summed E-state index contributed by atoms with van der Waals surface area (Å²) in [5.74, 6) is -0.0693. The van der Waals surface area contributed by atoms with Gasteiger partial charge in [-0.2, -0.15) is 13.2 Å². The van der Waals surface area contributed by atoms with E-state index < -0.39 is 12.6 Å². The third-order valence-corrected chi connectivity index (χ3v) is 3.14. The number of ketones is 1. The average Bonchev–Trinajstić information content (AvgIpc) is 2.32. The third kappa shape index (κ3) is 6.73. The molecule has 0 saturated heterocycles. The van der Waals surface area contributed by atoms with E-state index >= 15 is 0 Å². The average molecular weight is 338 g/mol. The van der Waals surface area contributed by atoms with Crippen LogP contribution in [0.4, 0.5) is 13.2 Å². The molecule has 19 heavy (non-hydrogen) atoms. The van der Waals surface area contributed by atoms with Crippen LogP contribution in [-0.4, -0.2) is 37.0 Å². The quantitative estimate of drug-likeness (QED) is 0.733. The lowest BCUT2D eigenvalue weighted by Crippen LogP contribution is -2.26. The fraction of sp³-hybridized carbons (Fsp3) is 0.462. The molecule has 0 unspecified atom stereocenters. The summed E-state index contributed by atoms with van der Waals surface area (Å²) in [5, 5.41) is 0. The Morgan fingerprint density at radius 3 is 2.58 bits per heavy atom. The normalized spacial score (nSPS) is 11.9. The van der Waals surface area contributed by atoms with Gasteiger partial charge in [-0.1, -0.05) is 28.1 Å². The highest BCUT2D eigenvalue weighted by atomic mass is 79.9. The van der Waals surface area contributed by atoms with E-state index in [9.17, 15) is 18.0 Å². The predicted octanol–water partition coefficient (Wildman–Crippen LogP) is 3.91. The summed E-state index contributed by atoms with van der Waals surface area (Å²) in [6.45, 7) is 0.233. The molecule has 0 atom stereocenters. The van der Waals surface area contributed by atoms with Crippen molar-refractivity contribution in [3.63, 3.8) is 0 Å². The van der Waals surface area contributed by atoms with Gasteiger partial charge in [0.25, 0.3) is 0 Å². The lowest BCUT2D eigenvalue weighted by Gasteiger charge is -2.17. The minimum Gasteiger partial charge on any atom is -0.306 e. The molecule has 0 aromatic heterocycles. The molecule has 0 amide bonds. The summed E-state index contributed by atoms with van der Waals surface area (Å²) >= 11 is 3.27. The van der Waals surface area contributed by atoms with Crippen LogP contribution in [0.25, 0.3) is 0 Å². The number of Topliss-reactive ketones (excluding diaryl/α,β-unsaturated/α-hetero) is 1. The number of halogens is 4. The summed E-state index contributed by atoms with van der Waals surface area (Å²) in [7, 11) is 1.58. The fourth-order valence-electron chi connectivity index (χ4n) is 1.53. The third-order valence-electron chi connectivity index (χ3n) is 2.64. The fourth-order valence-corrected chi connectivity index (χ4v) is 1.93. The highest BCUT2D eigenvalue weighted by Gasteiger charge is 2.27. The van der Waals surface area contributed by atoms with Crippen LogP contribution in [0.5, 0.6) is 0 Å². The molecule has 1 aromatic rings. The maximum absolute atomic E-state index is 12.0. The van der Waals surface area contributed by atoms with E-state index in [1.165, 1.54) is 4.90 Å². The second-order valence-corrected chi connectivity index (χ2v) is 5.27. The summed E-state index contributed by atoms with van der Waals surface area (Å²) in [6.07, 6.45) is -4.79. The smallest absolute Gasteiger partial charge is 0.306 e. The van der Waals surface area contributed by atoms with Crippen LogP contribution >= 0.6 is 15.9 Å². The number of benzene rings is 1.